The molecule has 0 spiro atoms. The van der Waals surface area contributed by atoms with E-state index in [9.17, 15) is 0 Å². The Bertz CT molecular complexity index is 716. The van der Waals surface area contributed by atoms with Crippen LogP contribution in [0.15, 0.2) is 68.9 Å². The van der Waals surface area contributed by atoms with E-state index in [1.165, 1.54) is 11.1 Å². The minimum Gasteiger partial charge on any atom is -0.320 e. The number of nitrogens with two attached hydrogens (primary N) is 1. The van der Waals surface area contributed by atoms with Gasteiger partial charge < -0.3 is 5.73 Å². The van der Waals surface area contributed by atoms with Crippen molar-refractivity contribution in [2.45, 2.75) is 6.04 Å². The van der Waals surface area contributed by atoms with E-state index in [1.54, 1.807) is 11.3 Å². The zero-order valence-electron chi connectivity index (χ0n) is 11.1. The summed E-state index contributed by atoms with van der Waals surface area (Å²) in [4.78, 5) is 1.14. The normalized spacial score (nSPS) is 12.3. The van der Waals surface area contributed by atoms with Gasteiger partial charge in [0.25, 0.3) is 0 Å². The van der Waals surface area contributed by atoms with Crippen LogP contribution in [-0.4, -0.2) is 0 Å². The number of rotatable bonds is 3. The largest absolute Gasteiger partial charge is 0.320 e. The van der Waals surface area contributed by atoms with E-state index in [1.807, 2.05) is 6.07 Å². The molecule has 0 aliphatic heterocycles. The molecule has 106 valence electrons. The lowest BCUT2D eigenvalue weighted by atomic mass is 10.0. The van der Waals surface area contributed by atoms with Crippen LogP contribution in [0, 0.1) is 0 Å². The molecule has 0 amide bonds. The average Bonchev–Trinajstić information content (AvgIpc) is 2.87. The van der Waals surface area contributed by atoms with Crippen molar-refractivity contribution in [3.05, 3.63) is 79.4 Å². The highest BCUT2D eigenvalue weighted by Crippen LogP contribution is 2.37. The molecule has 4 heteroatoms. The van der Waals surface area contributed by atoms with Gasteiger partial charge in [0, 0.05) is 9.35 Å². The third-order valence-corrected chi connectivity index (χ3v) is 6.69. The molecular weight excluding hydrogens is 410 g/mol. The van der Waals surface area contributed by atoms with Crippen LogP contribution in [0.25, 0.3) is 11.1 Å². The third-order valence-electron chi connectivity index (χ3n) is 3.35. The molecular formula is C17H13Br2NS. The van der Waals surface area contributed by atoms with Crippen LogP contribution in [0.4, 0.5) is 0 Å². The van der Waals surface area contributed by atoms with Gasteiger partial charge in [-0.3, -0.25) is 0 Å². The quantitative estimate of drug-likeness (QED) is 0.551. The monoisotopic (exact) mass is 421 g/mol. The number of hydrogen-bond donors (Lipinski definition) is 1. The van der Waals surface area contributed by atoms with E-state index < -0.39 is 0 Å². The predicted octanol–water partition coefficient (Wildman–Crippen LogP) is 5.99. The summed E-state index contributed by atoms with van der Waals surface area (Å²) in [5, 5.41) is 0. The van der Waals surface area contributed by atoms with Crippen molar-refractivity contribution in [2.24, 2.45) is 5.73 Å². The summed E-state index contributed by atoms with van der Waals surface area (Å²) in [6, 6.07) is 20.8. The molecule has 0 aliphatic carbocycles. The van der Waals surface area contributed by atoms with E-state index in [0.717, 1.165) is 18.7 Å². The van der Waals surface area contributed by atoms with Crippen LogP contribution >= 0.6 is 43.2 Å². The summed E-state index contributed by atoms with van der Waals surface area (Å²) in [7, 11) is 0. The van der Waals surface area contributed by atoms with Gasteiger partial charge >= 0.3 is 0 Å². The van der Waals surface area contributed by atoms with E-state index >= 15 is 0 Å². The van der Waals surface area contributed by atoms with Gasteiger partial charge in [-0.25, -0.2) is 0 Å². The molecule has 3 aromatic rings. The molecule has 1 aromatic heterocycles. The first-order chi connectivity index (χ1) is 10.1. The lowest BCUT2D eigenvalue weighted by Crippen LogP contribution is -2.09. The van der Waals surface area contributed by atoms with Crippen molar-refractivity contribution in [2.75, 3.05) is 0 Å². The Labute approximate surface area is 145 Å². The maximum Gasteiger partial charge on any atom is 0.0843 e. The molecule has 2 aromatic carbocycles. The first-order valence-corrected chi connectivity index (χ1v) is 8.91. The predicted molar refractivity (Wildman–Crippen MR) is 97.6 cm³/mol. The van der Waals surface area contributed by atoms with Crippen LogP contribution in [0.1, 0.15) is 16.5 Å². The molecule has 2 N–H and O–H groups in total. The van der Waals surface area contributed by atoms with Crippen molar-refractivity contribution < 1.29 is 0 Å². The molecule has 0 saturated carbocycles. The van der Waals surface area contributed by atoms with Crippen LogP contribution < -0.4 is 5.73 Å². The molecule has 1 unspecified atom stereocenters. The number of benzene rings is 2. The smallest absolute Gasteiger partial charge is 0.0843 e. The molecule has 0 saturated heterocycles. The minimum absolute atomic E-state index is 0.0950. The summed E-state index contributed by atoms with van der Waals surface area (Å²) in [5.41, 5.74) is 9.91. The van der Waals surface area contributed by atoms with Crippen molar-refractivity contribution in [3.8, 4) is 11.1 Å². The van der Waals surface area contributed by atoms with Crippen LogP contribution in [-0.2, 0) is 0 Å². The lowest BCUT2D eigenvalue weighted by Gasteiger charge is -2.11. The Hall–Kier alpha value is -0.940. The zero-order valence-corrected chi connectivity index (χ0v) is 15.1. The molecule has 21 heavy (non-hydrogen) atoms. The van der Waals surface area contributed by atoms with Gasteiger partial charge in [0.1, 0.15) is 0 Å². The first kappa shape index (κ1) is 15.0. The standard InChI is InChI=1S/C17H13Br2NS/c18-14-10-15(21-17(14)19)16(20)13-8-6-12(7-9-13)11-4-2-1-3-5-11/h1-10,16H,20H2. The van der Waals surface area contributed by atoms with Gasteiger partial charge in [-0.15, -0.1) is 11.3 Å². The van der Waals surface area contributed by atoms with Gasteiger partial charge in [0.2, 0.25) is 0 Å². The van der Waals surface area contributed by atoms with Crippen molar-refractivity contribution in [1.29, 1.82) is 0 Å². The SMILES string of the molecule is NC(c1ccc(-c2ccccc2)cc1)c1cc(Br)c(Br)s1. The van der Waals surface area contributed by atoms with Gasteiger partial charge in [-0.1, -0.05) is 54.6 Å². The number of thiophene rings is 1. The summed E-state index contributed by atoms with van der Waals surface area (Å²) in [5.74, 6) is 0. The van der Waals surface area contributed by atoms with Gasteiger partial charge in [0.15, 0.2) is 0 Å². The Balaban J connectivity index is 1.87. The fourth-order valence-corrected chi connectivity index (χ4v) is 4.31. The molecule has 1 atom stereocenters. The number of halogens is 2. The summed E-state index contributed by atoms with van der Waals surface area (Å²) in [6.45, 7) is 0. The van der Waals surface area contributed by atoms with Crippen LogP contribution in [0.2, 0.25) is 0 Å². The topological polar surface area (TPSA) is 26.0 Å². The second-order valence-electron chi connectivity index (χ2n) is 4.74. The summed E-state index contributed by atoms with van der Waals surface area (Å²) < 4.78 is 2.13. The molecule has 1 heterocycles. The molecule has 0 radical (unpaired) electrons. The minimum atomic E-state index is -0.0950. The van der Waals surface area contributed by atoms with E-state index in [0.29, 0.717) is 0 Å². The lowest BCUT2D eigenvalue weighted by molar-refractivity contribution is 0.893. The second kappa shape index (κ2) is 6.44. The highest BCUT2D eigenvalue weighted by molar-refractivity contribution is 9.13. The van der Waals surface area contributed by atoms with Gasteiger partial charge in [-0.05, 0) is 54.6 Å². The fraction of sp³-hybridized carbons (Fsp3) is 0.0588. The summed E-state index contributed by atoms with van der Waals surface area (Å²) in [6.07, 6.45) is 0. The summed E-state index contributed by atoms with van der Waals surface area (Å²) >= 11 is 8.68. The zero-order chi connectivity index (χ0) is 14.8. The number of hydrogen-bond acceptors (Lipinski definition) is 2. The van der Waals surface area contributed by atoms with Gasteiger partial charge in [0.05, 0.1) is 9.83 Å². The molecule has 3 rings (SSSR count). The van der Waals surface area contributed by atoms with Gasteiger partial charge in [-0.2, -0.15) is 0 Å². The maximum atomic E-state index is 6.36. The van der Waals surface area contributed by atoms with Crippen LogP contribution in [0.3, 0.4) is 0 Å². The fourth-order valence-electron chi connectivity index (χ4n) is 2.19. The van der Waals surface area contributed by atoms with Crippen molar-refractivity contribution >= 4 is 43.2 Å². The van der Waals surface area contributed by atoms with Crippen LogP contribution in [0.5, 0.6) is 0 Å². The molecule has 1 nitrogen and oxygen atoms in total. The highest BCUT2D eigenvalue weighted by atomic mass is 79.9. The van der Waals surface area contributed by atoms with Crippen molar-refractivity contribution in [3.63, 3.8) is 0 Å². The molecule has 0 aliphatic rings. The maximum absolute atomic E-state index is 6.36. The van der Waals surface area contributed by atoms with E-state index in [-0.39, 0.29) is 6.04 Å². The Morgan fingerprint density at radius 1 is 0.857 bits per heavy atom. The molecule has 0 bridgehead atoms. The third kappa shape index (κ3) is 3.29. The molecule has 0 fully saturated rings. The average molecular weight is 423 g/mol. The second-order valence-corrected chi connectivity index (χ2v) is 7.99. The highest BCUT2D eigenvalue weighted by Gasteiger charge is 2.13. The Kier molecular flexibility index (Phi) is 4.60. The first-order valence-electron chi connectivity index (χ1n) is 6.51. The van der Waals surface area contributed by atoms with Crippen molar-refractivity contribution in [1.82, 2.24) is 0 Å². The Morgan fingerprint density at radius 3 is 2.05 bits per heavy atom. The Morgan fingerprint density at radius 2 is 1.48 bits per heavy atom. The van der Waals surface area contributed by atoms with E-state index in [2.05, 4.69) is 86.5 Å². The van der Waals surface area contributed by atoms with E-state index in [4.69, 9.17) is 5.73 Å².